The van der Waals surface area contributed by atoms with Crippen molar-refractivity contribution >= 4 is 11.9 Å². The predicted octanol–water partition coefficient (Wildman–Crippen LogP) is 2.22. The molecule has 156 valence electrons. The fourth-order valence-corrected chi connectivity index (χ4v) is 3.59. The van der Waals surface area contributed by atoms with Crippen LogP contribution < -0.4 is 10.6 Å². The van der Waals surface area contributed by atoms with Crippen LogP contribution in [0.5, 0.6) is 0 Å². The van der Waals surface area contributed by atoms with Gasteiger partial charge in [0.15, 0.2) is 5.96 Å². The lowest BCUT2D eigenvalue weighted by molar-refractivity contribution is 0.0827. The molecule has 1 heterocycles. The Bertz CT molecular complexity index is 644. The van der Waals surface area contributed by atoms with Crippen molar-refractivity contribution in [3.63, 3.8) is 0 Å². The standard InChI is InChI=1S/C22H37N5O/c1-5-13-27-14-11-19(17-27)16-25-22(23-6-2)24-12-10-18-8-7-9-20(15-18)21(28)26(3)4/h7-9,15,19H,5-6,10-14,16-17H2,1-4H3,(H2,23,24,25). The Morgan fingerprint density at radius 1 is 1.29 bits per heavy atom. The van der Waals surface area contributed by atoms with Gasteiger partial charge in [0.2, 0.25) is 0 Å². The van der Waals surface area contributed by atoms with Crippen molar-refractivity contribution in [2.24, 2.45) is 10.9 Å². The Kier molecular flexibility index (Phi) is 9.28. The molecule has 1 saturated heterocycles. The van der Waals surface area contributed by atoms with Crippen molar-refractivity contribution in [2.45, 2.75) is 33.1 Å². The second-order valence-corrected chi connectivity index (χ2v) is 7.75. The average Bonchev–Trinajstić information content (AvgIpc) is 3.13. The van der Waals surface area contributed by atoms with Crippen LogP contribution in [0.2, 0.25) is 0 Å². The highest BCUT2D eigenvalue weighted by molar-refractivity contribution is 5.94. The van der Waals surface area contributed by atoms with E-state index in [1.165, 1.54) is 32.5 Å². The Hall–Kier alpha value is -2.08. The number of nitrogens with one attached hydrogen (secondary N) is 2. The molecular weight excluding hydrogens is 350 g/mol. The first kappa shape index (κ1) is 22.2. The topological polar surface area (TPSA) is 60.0 Å². The normalized spacial score (nSPS) is 17.6. The molecule has 28 heavy (non-hydrogen) atoms. The molecule has 1 amide bonds. The summed E-state index contributed by atoms with van der Waals surface area (Å²) in [4.78, 5) is 21.1. The molecule has 1 unspecified atom stereocenters. The molecule has 0 aliphatic carbocycles. The third-order valence-electron chi connectivity index (χ3n) is 5.05. The summed E-state index contributed by atoms with van der Waals surface area (Å²) in [5, 5.41) is 6.77. The van der Waals surface area contributed by atoms with Crippen LogP contribution in [-0.4, -0.2) is 75.0 Å². The van der Waals surface area contributed by atoms with E-state index in [2.05, 4.69) is 35.4 Å². The number of carbonyl (C=O) groups is 1. The summed E-state index contributed by atoms with van der Waals surface area (Å²) in [5.74, 6) is 1.59. The largest absolute Gasteiger partial charge is 0.357 e. The molecule has 1 aliphatic heterocycles. The minimum atomic E-state index is 0.0402. The van der Waals surface area contributed by atoms with Crippen molar-refractivity contribution < 1.29 is 4.79 Å². The molecule has 2 rings (SSSR count). The van der Waals surface area contributed by atoms with E-state index >= 15 is 0 Å². The zero-order chi connectivity index (χ0) is 20.4. The zero-order valence-electron chi connectivity index (χ0n) is 18.0. The van der Waals surface area contributed by atoms with Crippen molar-refractivity contribution in [1.29, 1.82) is 0 Å². The monoisotopic (exact) mass is 387 g/mol. The van der Waals surface area contributed by atoms with Crippen LogP contribution in [0.1, 0.15) is 42.6 Å². The van der Waals surface area contributed by atoms with E-state index < -0.39 is 0 Å². The van der Waals surface area contributed by atoms with E-state index in [1.54, 1.807) is 19.0 Å². The van der Waals surface area contributed by atoms with Crippen LogP contribution in [0.4, 0.5) is 0 Å². The van der Waals surface area contributed by atoms with Crippen LogP contribution in [0, 0.1) is 5.92 Å². The van der Waals surface area contributed by atoms with Gasteiger partial charge in [-0.15, -0.1) is 0 Å². The number of likely N-dealkylation sites (tertiary alicyclic amines) is 1. The van der Waals surface area contributed by atoms with Gasteiger partial charge < -0.3 is 20.4 Å². The molecule has 0 bridgehead atoms. The Balaban J connectivity index is 1.83. The number of carbonyl (C=O) groups excluding carboxylic acids is 1. The molecule has 0 radical (unpaired) electrons. The van der Waals surface area contributed by atoms with Crippen LogP contribution in [0.15, 0.2) is 29.3 Å². The molecule has 1 aromatic carbocycles. The summed E-state index contributed by atoms with van der Waals surface area (Å²) in [6.07, 6.45) is 3.32. The summed E-state index contributed by atoms with van der Waals surface area (Å²) in [7, 11) is 3.56. The van der Waals surface area contributed by atoms with Crippen molar-refractivity contribution in [1.82, 2.24) is 20.4 Å². The average molecular weight is 388 g/mol. The number of aliphatic imine (C=N–C) groups is 1. The van der Waals surface area contributed by atoms with E-state index in [9.17, 15) is 4.79 Å². The van der Waals surface area contributed by atoms with Crippen molar-refractivity contribution in [3.05, 3.63) is 35.4 Å². The lowest BCUT2D eigenvalue weighted by atomic mass is 10.1. The molecule has 2 N–H and O–H groups in total. The number of hydrogen-bond acceptors (Lipinski definition) is 3. The van der Waals surface area contributed by atoms with Gasteiger partial charge in [-0.05, 0) is 62.9 Å². The van der Waals surface area contributed by atoms with Crippen LogP contribution in [-0.2, 0) is 6.42 Å². The van der Waals surface area contributed by atoms with E-state index in [4.69, 9.17) is 4.99 Å². The zero-order valence-corrected chi connectivity index (χ0v) is 18.0. The maximum Gasteiger partial charge on any atom is 0.253 e. The summed E-state index contributed by atoms with van der Waals surface area (Å²) < 4.78 is 0. The maximum atomic E-state index is 12.1. The van der Waals surface area contributed by atoms with Gasteiger partial charge in [0, 0.05) is 45.8 Å². The lowest BCUT2D eigenvalue weighted by Crippen LogP contribution is -2.38. The fourth-order valence-electron chi connectivity index (χ4n) is 3.59. The van der Waals surface area contributed by atoms with E-state index in [0.29, 0.717) is 5.92 Å². The summed E-state index contributed by atoms with van der Waals surface area (Å²) in [6, 6.07) is 7.87. The first-order valence-corrected chi connectivity index (χ1v) is 10.6. The second-order valence-electron chi connectivity index (χ2n) is 7.75. The second kappa shape index (κ2) is 11.7. The minimum absolute atomic E-state index is 0.0402. The Morgan fingerprint density at radius 2 is 2.11 bits per heavy atom. The van der Waals surface area contributed by atoms with Gasteiger partial charge in [-0.1, -0.05) is 19.1 Å². The van der Waals surface area contributed by atoms with E-state index in [1.807, 2.05) is 18.2 Å². The first-order valence-electron chi connectivity index (χ1n) is 10.6. The third-order valence-corrected chi connectivity index (χ3v) is 5.05. The number of nitrogens with zero attached hydrogens (tertiary/aromatic N) is 3. The van der Waals surface area contributed by atoms with Crippen molar-refractivity contribution in [3.8, 4) is 0 Å². The molecule has 1 aliphatic rings. The molecule has 1 fully saturated rings. The molecule has 6 heteroatoms. The van der Waals surface area contributed by atoms with Gasteiger partial charge in [0.1, 0.15) is 0 Å². The predicted molar refractivity (Wildman–Crippen MR) is 117 cm³/mol. The number of benzene rings is 1. The van der Waals surface area contributed by atoms with Gasteiger partial charge in [-0.2, -0.15) is 0 Å². The van der Waals surface area contributed by atoms with Gasteiger partial charge in [-0.3, -0.25) is 9.79 Å². The van der Waals surface area contributed by atoms with Crippen LogP contribution >= 0.6 is 0 Å². The molecule has 0 saturated carbocycles. The molecule has 1 aromatic rings. The van der Waals surface area contributed by atoms with Crippen molar-refractivity contribution in [2.75, 3.05) is 53.4 Å². The highest BCUT2D eigenvalue weighted by Crippen LogP contribution is 2.16. The quantitative estimate of drug-likeness (QED) is 0.504. The number of guanidine groups is 1. The molecule has 0 spiro atoms. The van der Waals surface area contributed by atoms with E-state index in [0.717, 1.165) is 43.1 Å². The van der Waals surface area contributed by atoms with Gasteiger partial charge in [0.25, 0.3) is 5.91 Å². The third kappa shape index (κ3) is 7.15. The fraction of sp³-hybridized carbons (Fsp3) is 0.636. The highest BCUT2D eigenvalue weighted by atomic mass is 16.2. The summed E-state index contributed by atoms with van der Waals surface area (Å²) in [5.41, 5.74) is 1.89. The van der Waals surface area contributed by atoms with Gasteiger partial charge >= 0.3 is 0 Å². The molecule has 0 aromatic heterocycles. The van der Waals surface area contributed by atoms with Crippen LogP contribution in [0.25, 0.3) is 0 Å². The number of hydrogen-bond donors (Lipinski definition) is 2. The Labute approximate surface area is 170 Å². The van der Waals surface area contributed by atoms with E-state index in [-0.39, 0.29) is 5.91 Å². The molecule has 6 nitrogen and oxygen atoms in total. The number of rotatable bonds is 9. The summed E-state index contributed by atoms with van der Waals surface area (Å²) >= 11 is 0. The molecular formula is C22H37N5O. The smallest absolute Gasteiger partial charge is 0.253 e. The van der Waals surface area contributed by atoms with Gasteiger partial charge in [0.05, 0.1) is 0 Å². The highest BCUT2D eigenvalue weighted by Gasteiger charge is 2.21. The lowest BCUT2D eigenvalue weighted by Gasteiger charge is -2.15. The summed E-state index contributed by atoms with van der Waals surface area (Å²) in [6.45, 7) is 10.4. The van der Waals surface area contributed by atoms with Crippen LogP contribution in [0.3, 0.4) is 0 Å². The first-order chi connectivity index (χ1) is 13.5. The van der Waals surface area contributed by atoms with Gasteiger partial charge in [-0.25, -0.2) is 0 Å². The maximum absolute atomic E-state index is 12.1. The SMILES string of the molecule is CCCN1CCC(CN=C(NCC)NCCc2cccc(C(=O)N(C)C)c2)C1. The minimum Gasteiger partial charge on any atom is -0.357 e. The Morgan fingerprint density at radius 3 is 2.82 bits per heavy atom. The molecule has 1 atom stereocenters. The number of amides is 1.